The second-order valence-corrected chi connectivity index (χ2v) is 4.82. The molecule has 0 bridgehead atoms. The van der Waals surface area contributed by atoms with Gasteiger partial charge in [-0.3, -0.25) is 4.79 Å². The van der Waals surface area contributed by atoms with Crippen molar-refractivity contribution in [2.24, 2.45) is 0 Å². The predicted molar refractivity (Wildman–Crippen MR) is 72.1 cm³/mol. The number of benzene rings is 1. The number of rotatable bonds is 4. The predicted octanol–water partition coefficient (Wildman–Crippen LogP) is 1.68. The van der Waals surface area contributed by atoms with E-state index in [0.29, 0.717) is 0 Å². The molecule has 0 saturated carbocycles. The molecule has 1 unspecified atom stereocenters. The van der Waals surface area contributed by atoms with E-state index in [9.17, 15) is 9.90 Å². The number of likely N-dealkylation sites (N-methyl/N-ethyl adjacent to an activating group) is 2. The fourth-order valence-corrected chi connectivity index (χ4v) is 1.93. The number of carbonyl (C=O) groups excluding carboxylic acids is 1. The Morgan fingerprint density at radius 1 is 1.59 bits per heavy atom. The zero-order valence-corrected chi connectivity index (χ0v) is 11.8. The van der Waals surface area contributed by atoms with E-state index in [1.807, 2.05) is 30.1 Å². The van der Waals surface area contributed by atoms with Crippen LogP contribution in [0.2, 0.25) is 0 Å². The third kappa shape index (κ3) is 3.71. The summed E-state index contributed by atoms with van der Waals surface area (Å²) >= 11 is 3.39. The highest BCUT2D eigenvalue weighted by molar-refractivity contribution is 9.10. The van der Waals surface area contributed by atoms with Gasteiger partial charge in [0.15, 0.2) is 0 Å². The summed E-state index contributed by atoms with van der Waals surface area (Å²) in [5.41, 5.74) is 1.65. The van der Waals surface area contributed by atoms with Crippen LogP contribution in [-0.2, 0) is 4.79 Å². The molecule has 1 atom stereocenters. The maximum atomic E-state index is 11.3. The molecule has 0 spiro atoms. The number of nitrogens with zero attached hydrogens (tertiary/aromatic N) is 1. The Balaban J connectivity index is 3.01. The van der Waals surface area contributed by atoms with Crippen LogP contribution in [0.5, 0.6) is 0 Å². The number of halogens is 1. The summed E-state index contributed by atoms with van der Waals surface area (Å²) in [6, 6.07) is 5.62. The van der Waals surface area contributed by atoms with Crippen molar-refractivity contribution in [2.45, 2.75) is 13.0 Å². The van der Waals surface area contributed by atoms with E-state index < -0.39 is 6.10 Å². The Morgan fingerprint density at radius 3 is 2.76 bits per heavy atom. The van der Waals surface area contributed by atoms with Crippen molar-refractivity contribution in [2.75, 3.05) is 25.5 Å². The lowest BCUT2D eigenvalue weighted by Crippen LogP contribution is -2.33. The van der Waals surface area contributed by atoms with Crippen molar-refractivity contribution in [1.82, 2.24) is 5.32 Å². The number of amides is 1. The maximum absolute atomic E-state index is 11.3. The number of hydrogen-bond acceptors (Lipinski definition) is 3. The highest BCUT2D eigenvalue weighted by Crippen LogP contribution is 2.28. The lowest BCUT2D eigenvalue weighted by Gasteiger charge is -2.23. The fraction of sp³-hybridized carbons (Fsp3) is 0.417. The molecule has 1 rings (SSSR count). The van der Waals surface area contributed by atoms with Gasteiger partial charge in [-0.2, -0.15) is 0 Å². The van der Waals surface area contributed by atoms with Gasteiger partial charge in [0.2, 0.25) is 5.91 Å². The smallest absolute Gasteiger partial charge is 0.239 e. The Morgan fingerprint density at radius 2 is 2.24 bits per heavy atom. The highest BCUT2D eigenvalue weighted by atomic mass is 79.9. The van der Waals surface area contributed by atoms with Gasteiger partial charge in [0, 0.05) is 29.8 Å². The molecule has 0 aliphatic heterocycles. The van der Waals surface area contributed by atoms with E-state index in [2.05, 4.69) is 21.2 Å². The van der Waals surface area contributed by atoms with E-state index in [1.165, 1.54) is 0 Å². The van der Waals surface area contributed by atoms with Crippen LogP contribution < -0.4 is 10.2 Å². The molecular weight excluding hydrogens is 284 g/mol. The molecule has 1 amide bonds. The largest absolute Gasteiger partial charge is 0.389 e. The van der Waals surface area contributed by atoms with E-state index in [0.717, 1.165) is 15.7 Å². The standard InChI is InChI=1S/C12H17BrN2O2/c1-8(16)10-5-4-9(13)6-11(10)15(3)7-12(17)14-2/h4-6,8,16H,7H2,1-3H3,(H,14,17). The summed E-state index contributed by atoms with van der Waals surface area (Å²) in [6.07, 6.45) is -0.565. The van der Waals surface area contributed by atoms with Gasteiger partial charge in [-0.15, -0.1) is 0 Å². The van der Waals surface area contributed by atoms with Gasteiger partial charge in [0.05, 0.1) is 12.6 Å². The normalized spacial score (nSPS) is 12.1. The lowest BCUT2D eigenvalue weighted by molar-refractivity contribution is -0.119. The first-order valence-corrected chi connectivity index (χ1v) is 6.14. The fourth-order valence-electron chi connectivity index (χ4n) is 1.58. The summed E-state index contributed by atoms with van der Waals surface area (Å²) in [4.78, 5) is 13.1. The van der Waals surface area contributed by atoms with Gasteiger partial charge in [-0.1, -0.05) is 22.0 Å². The van der Waals surface area contributed by atoms with Crippen LogP contribution in [0.25, 0.3) is 0 Å². The molecule has 5 heteroatoms. The van der Waals surface area contributed by atoms with Crippen LogP contribution in [0.1, 0.15) is 18.6 Å². The van der Waals surface area contributed by atoms with Gasteiger partial charge < -0.3 is 15.3 Å². The van der Waals surface area contributed by atoms with Crippen molar-refractivity contribution in [3.63, 3.8) is 0 Å². The van der Waals surface area contributed by atoms with Crippen LogP contribution in [0.3, 0.4) is 0 Å². The molecule has 1 aromatic rings. The van der Waals surface area contributed by atoms with Crippen molar-refractivity contribution in [1.29, 1.82) is 0 Å². The number of carbonyl (C=O) groups is 1. The molecule has 0 radical (unpaired) electrons. The second-order valence-electron chi connectivity index (χ2n) is 3.91. The Labute approximate surface area is 110 Å². The third-order valence-corrected chi connectivity index (χ3v) is 3.01. The second kappa shape index (κ2) is 6.02. The topological polar surface area (TPSA) is 52.6 Å². The lowest BCUT2D eigenvalue weighted by atomic mass is 10.1. The molecule has 0 aromatic heterocycles. The Hall–Kier alpha value is -1.07. The molecular formula is C12H17BrN2O2. The molecule has 17 heavy (non-hydrogen) atoms. The first-order chi connectivity index (χ1) is 7.95. The van der Waals surface area contributed by atoms with Crippen molar-refractivity contribution >= 4 is 27.5 Å². The first kappa shape index (κ1) is 14.0. The van der Waals surface area contributed by atoms with Crippen LogP contribution >= 0.6 is 15.9 Å². The Kier molecular flexibility index (Phi) is 4.96. The van der Waals surface area contributed by atoms with Gasteiger partial charge >= 0.3 is 0 Å². The SMILES string of the molecule is CNC(=O)CN(C)c1cc(Br)ccc1C(C)O. The minimum absolute atomic E-state index is 0.0657. The maximum Gasteiger partial charge on any atom is 0.239 e. The molecule has 0 heterocycles. The molecule has 4 nitrogen and oxygen atoms in total. The number of hydrogen-bond donors (Lipinski definition) is 2. The first-order valence-electron chi connectivity index (χ1n) is 5.35. The van der Waals surface area contributed by atoms with Crippen molar-refractivity contribution in [3.8, 4) is 0 Å². The molecule has 0 aliphatic rings. The third-order valence-electron chi connectivity index (χ3n) is 2.51. The summed E-state index contributed by atoms with van der Waals surface area (Å²) in [6.45, 7) is 1.97. The number of aliphatic hydroxyl groups excluding tert-OH is 1. The van der Waals surface area contributed by atoms with Gasteiger partial charge in [-0.25, -0.2) is 0 Å². The molecule has 94 valence electrons. The average Bonchev–Trinajstić information content (AvgIpc) is 2.28. The summed E-state index contributed by atoms with van der Waals surface area (Å²) in [7, 11) is 3.43. The molecule has 0 saturated heterocycles. The molecule has 0 aliphatic carbocycles. The number of nitrogens with one attached hydrogen (secondary N) is 1. The van der Waals surface area contributed by atoms with Crippen LogP contribution in [0, 0.1) is 0 Å². The highest BCUT2D eigenvalue weighted by Gasteiger charge is 2.13. The molecule has 0 fully saturated rings. The quantitative estimate of drug-likeness (QED) is 0.890. The monoisotopic (exact) mass is 300 g/mol. The van der Waals surface area contributed by atoms with Crippen molar-refractivity contribution in [3.05, 3.63) is 28.2 Å². The van der Waals surface area contributed by atoms with Crippen molar-refractivity contribution < 1.29 is 9.90 Å². The van der Waals surface area contributed by atoms with Crippen LogP contribution in [0.4, 0.5) is 5.69 Å². The molecule has 1 aromatic carbocycles. The van der Waals surface area contributed by atoms with Gasteiger partial charge in [0.25, 0.3) is 0 Å². The summed E-state index contributed by atoms with van der Waals surface area (Å²) in [5.74, 6) is -0.0657. The minimum atomic E-state index is -0.565. The molecule has 2 N–H and O–H groups in total. The summed E-state index contributed by atoms with van der Waals surface area (Å²) < 4.78 is 0.917. The van der Waals surface area contributed by atoms with Gasteiger partial charge in [-0.05, 0) is 19.1 Å². The van der Waals surface area contributed by atoms with E-state index in [-0.39, 0.29) is 12.5 Å². The summed E-state index contributed by atoms with van der Waals surface area (Å²) in [5, 5.41) is 12.3. The number of aliphatic hydroxyl groups is 1. The Bertz CT molecular complexity index is 407. The van der Waals surface area contributed by atoms with Crippen LogP contribution in [0.15, 0.2) is 22.7 Å². The zero-order chi connectivity index (χ0) is 13.0. The average molecular weight is 301 g/mol. The minimum Gasteiger partial charge on any atom is -0.389 e. The van der Waals surface area contributed by atoms with E-state index in [4.69, 9.17) is 0 Å². The zero-order valence-electron chi connectivity index (χ0n) is 10.2. The number of anilines is 1. The van der Waals surface area contributed by atoms with E-state index in [1.54, 1.807) is 14.0 Å². The van der Waals surface area contributed by atoms with E-state index >= 15 is 0 Å². The van der Waals surface area contributed by atoms with Crippen LogP contribution in [-0.4, -0.2) is 31.7 Å². The van der Waals surface area contributed by atoms with Gasteiger partial charge in [0.1, 0.15) is 0 Å².